The molecule has 0 saturated heterocycles. The van der Waals surface area contributed by atoms with Gasteiger partial charge in [-0.05, 0) is 54.9 Å². The molecule has 0 bridgehead atoms. The van der Waals surface area contributed by atoms with E-state index in [0.29, 0.717) is 16.3 Å². The molecule has 1 aliphatic heterocycles. The van der Waals surface area contributed by atoms with Crippen LogP contribution in [0, 0.1) is 0 Å². The van der Waals surface area contributed by atoms with E-state index in [-0.39, 0.29) is 5.91 Å². The minimum absolute atomic E-state index is 0.177. The van der Waals surface area contributed by atoms with Crippen molar-refractivity contribution in [3.63, 3.8) is 0 Å². The second-order valence-corrected chi connectivity index (χ2v) is 6.18. The molecule has 1 N–H and O–H groups in total. The lowest BCUT2D eigenvalue weighted by Crippen LogP contribution is -2.26. The van der Waals surface area contributed by atoms with Crippen LogP contribution >= 0.6 is 11.6 Å². The van der Waals surface area contributed by atoms with Gasteiger partial charge in [0.2, 0.25) is 0 Å². The van der Waals surface area contributed by atoms with Gasteiger partial charge in [-0.1, -0.05) is 17.7 Å². The summed E-state index contributed by atoms with van der Waals surface area (Å²) in [7, 11) is 3.64. The molecule has 120 valence electrons. The smallest absolute Gasteiger partial charge is 0.255 e. The zero-order chi connectivity index (χ0) is 16.4. The number of nitrogens with zero attached hydrogens (tertiary/aromatic N) is 1. The Morgan fingerprint density at radius 3 is 2.83 bits per heavy atom. The number of carbonyl (C=O) groups is 1. The van der Waals surface area contributed by atoms with Crippen molar-refractivity contribution in [1.82, 2.24) is 4.90 Å². The van der Waals surface area contributed by atoms with Crippen LogP contribution in [0.1, 0.15) is 21.5 Å². The van der Waals surface area contributed by atoms with Gasteiger partial charge in [0, 0.05) is 24.3 Å². The summed E-state index contributed by atoms with van der Waals surface area (Å²) in [4.78, 5) is 14.7. The SMILES string of the molecule is COc1cc(C(=O)Nc2ccc3c(c2)CN(C)CC3)ccc1Cl. The van der Waals surface area contributed by atoms with Gasteiger partial charge in [0.05, 0.1) is 12.1 Å². The summed E-state index contributed by atoms with van der Waals surface area (Å²) in [5.41, 5.74) is 3.94. The van der Waals surface area contributed by atoms with Crippen molar-refractivity contribution < 1.29 is 9.53 Å². The van der Waals surface area contributed by atoms with E-state index in [0.717, 1.165) is 25.2 Å². The Labute approximate surface area is 141 Å². The van der Waals surface area contributed by atoms with Gasteiger partial charge in [-0.15, -0.1) is 0 Å². The zero-order valence-corrected chi connectivity index (χ0v) is 14.0. The fraction of sp³-hybridized carbons (Fsp3) is 0.278. The summed E-state index contributed by atoms with van der Waals surface area (Å²) in [5, 5.41) is 3.42. The van der Waals surface area contributed by atoms with E-state index >= 15 is 0 Å². The molecule has 0 unspecified atom stereocenters. The Bertz CT molecular complexity index is 746. The Balaban J connectivity index is 1.79. The van der Waals surface area contributed by atoms with Crippen LogP contribution in [0.15, 0.2) is 36.4 Å². The molecular weight excluding hydrogens is 312 g/mol. The van der Waals surface area contributed by atoms with Crippen LogP contribution in [-0.4, -0.2) is 31.5 Å². The highest BCUT2D eigenvalue weighted by molar-refractivity contribution is 6.32. The maximum Gasteiger partial charge on any atom is 0.255 e. The lowest BCUT2D eigenvalue weighted by Gasteiger charge is -2.25. The van der Waals surface area contributed by atoms with E-state index in [2.05, 4.69) is 29.4 Å². The molecule has 1 aliphatic rings. The topological polar surface area (TPSA) is 41.6 Å². The standard InChI is InChI=1S/C18H19ClN2O2/c1-21-8-7-12-3-5-15(9-14(12)11-21)20-18(22)13-4-6-16(19)17(10-13)23-2/h3-6,9-10H,7-8,11H2,1-2H3,(H,20,22). The van der Waals surface area contributed by atoms with Crippen molar-refractivity contribution >= 4 is 23.2 Å². The number of fused-ring (bicyclic) bond motifs is 1. The summed E-state index contributed by atoms with van der Waals surface area (Å²) in [6.07, 6.45) is 1.05. The second-order valence-electron chi connectivity index (χ2n) is 5.77. The van der Waals surface area contributed by atoms with E-state index in [1.807, 2.05) is 6.07 Å². The monoisotopic (exact) mass is 330 g/mol. The largest absolute Gasteiger partial charge is 0.495 e. The second kappa shape index (κ2) is 6.60. The Morgan fingerprint density at radius 1 is 1.22 bits per heavy atom. The first-order valence-corrected chi connectivity index (χ1v) is 7.90. The Kier molecular flexibility index (Phi) is 4.55. The van der Waals surface area contributed by atoms with E-state index < -0.39 is 0 Å². The number of halogens is 1. The summed E-state index contributed by atoms with van der Waals surface area (Å²) in [5.74, 6) is 0.315. The third kappa shape index (κ3) is 3.49. The van der Waals surface area contributed by atoms with Crippen LogP contribution in [0.3, 0.4) is 0 Å². The third-order valence-corrected chi connectivity index (χ3v) is 4.39. The summed E-state index contributed by atoms with van der Waals surface area (Å²) in [6, 6.07) is 11.1. The van der Waals surface area contributed by atoms with Crippen LogP contribution in [0.25, 0.3) is 0 Å². The minimum Gasteiger partial charge on any atom is -0.495 e. The maximum absolute atomic E-state index is 12.4. The number of benzene rings is 2. The first-order valence-electron chi connectivity index (χ1n) is 7.52. The minimum atomic E-state index is -0.177. The number of ether oxygens (including phenoxy) is 1. The molecule has 0 radical (unpaired) electrons. The molecule has 0 spiro atoms. The molecule has 0 saturated carbocycles. The molecule has 0 aliphatic carbocycles. The Hall–Kier alpha value is -2.04. The zero-order valence-electron chi connectivity index (χ0n) is 13.2. The van der Waals surface area contributed by atoms with E-state index in [1.54, 1.807) is 18.2 Å². The van der Waals surface area contributed by atoms with Gasteiger partial charge in [0.1, 0.15) is 5.75 Å². The van der Waals surface area contributed by atoms with Gasteiger partial charge in [0.25, 0.3) is 5.91 Å². The number of nitrogens with one attached hydrogen (secondary N) is 1. The van der Waals surface area contributed by atoms with Crippen molar-refractivity contribution in [1.29, 1.82) is 0 Å². The summed E-state index contributed by atoms with van der Waals surface area (Å²) in [6.45, 7) is 1.98. The van der Waals surface area contributed by atoms with E-state index in [1.165, 1.54) is 18.2 Å². The fourth-order valence-corrected chi connectivity index (χ4v) is 2.97. The molecule has 2 aromatic carbocycles. The lowest BCUT2D eigenvalue weighted by molar-refractivity contribution is 0.102. The number of hydrogen-bond acceptors (Lipinski definition) is 3. The molecule has 23 heavy (non-hydrogen) atoms. The van der Waals surface area contributed by atoms with Gasteiger partial charge in [-0.2, -0.15) is 0 Å². The Morgan fingerprint density at radius 2 is 2.04 bits per heavy atom. The first kappa shape index (κ1) is 15.8. The molecule has 0 atom stereocenters. The van der Waals surface area contributed by atoms with Crippen LogP contribution in [-0.2, 0) is 13.0 Å². The highest BCUT2D eigenvalue weighted by Gasteiger charge is 2.15. The van der Waals surface area contributed by atoms with Gasteiger partial charge >= 0.3 is 0 Å². The van der Waals surface area contributed by atoms with Crippen molar-refractivity contribution in [3.8, 4) is 5.75 Å². The molecule has 0 aromatic heterocycles. The lowest BCUT2D eigenvalue weighted by atomic mass is 9.99. The average Bonchev–Trinajstić information content (AvgIpc) is 2.54. The summed E-state index contributed by atoms with van der Waals surface area (Å²) >= 11 is 5.99. The van der Waals surface area contributed by atoms with Crippen molar-refractivity contribution in [2.75, 3.05) is 26.0 Å². The molecule has 5 heteroatoms. The molecule has 1 heterocycles. The van der Waals surface area contributed by atoms with Gasteiger partial charge in [-0.25, -0.2) is 0 Å². The highest BCUT2D eigenvalue weighted by atomic mass is 35.5. The molecule has 0 fully saturated rings. The van der Waals surface area contributed by atoms with Gasteiger partial charge in [0.15, 0.2) is 0 Å². The molecular formula is C18H19ClN2O2. The van der Waals surface area contributed by atoms with E-state index in [9.17, 15) is 4.79 Å². The number of methoxy groups -OCH3 is 1. The average molecular weight is 331 g/mol. The van der Waals surface area contributed by atoms with E-state index in [4.69, 9.17) is 16.3 Å². The van der Waals surface area contributed by atoms with Crippen LogP contribution < -0.4 is 10.1 Å². The fourth-order valence-electron chi connectivity index (χ4n) is 2.78. The number of anilines is 1. The van der Waals surface area contributed by atoms with Crippen LogP contribution in [0.4, 0.5) is 5.69 Å². The third-order valence-electron chi connectivity index (χ3n) is 4.08. The van der Waals surface area contributed by atoms with Gasteiger partial charge in [-0.3, -0.25) is 4.79 Å². The molecule has 3 rings (SSSR count). The molecule has 1 amide bonds. The van der Waals surface area contributed by atoms with Crippen molar-refractivity contribution in [2.45, 2.75) is 13.0 Å². The van der Waals surface area contributed by atoms with Crippen molar-refractivity contribution in [3.05, 3.63) is 58.1 Å². The number of carbonyl (C=O) groups excluding carboxylic acids is 1. The number of rotatable bonds is 3. The van der Waals surface area contributed by atoms with Crippen LogP contribution in [0.5, 0.6) is 5.75 Å². The molecule has 4 nitrogen and oxygen atoms in total. The summed E-state index contributed by atoms with van der Waals surface area (Å²) < 4.78 is 5.15. The van der Waals surface area contributed by atoms with Gasteiger partial charge < -0.3 is 15.0 Å². The van der Waals surface area contributed by atoms with Crippen LogP contribution in [0.2, 0.25) is 5.02 Å². The van der Waals surface area contributed by atoms with Crippen molar-refractivity contribution in [2.24, 2.45) is 0 Å². The number of hydrogen-bond donors (Lipinski definition) is 1. The predicted molar refractivity (Wildman–Crippen MR) is 92.4 cm³/mol. The normalized spacial score (nSPS) is 14.2. The first-order chi connectivity index (χ1) is 11.1. The predicted octanol–water partition coefficient (Wildman–Crippen LogP) is 3.59. The number of amides is 1. The number of likely N-dealkylation sites (N-methyl/N-ethyl adjacent to an activating group) is 1. The molecule has 2 aromatic rings. The highest BCUT2D eigenvalue weighted by Crippen LogP contribution is 2.26. The maximum atomic E-state index is 12.4. The quantitative estimate of drug-likeness (QED) is 0.935.